The maximum atomic E-state index is 11.4. The predicted octanol–water partition coefficient (Wildman–Crippen LogP) is 0.782. The number of carboxylic acid groups (broad SMARTS) is 1. The number of nitrogens with one attached hydrogen (secondary N) is 1. The lowest BCUT2D eigenvalue weighted by molar-refractivity contribution is -0.141. The molecule has 0 aromatic heterocycles. The van der Waals surface area contributed by atoms with Crippen LogP contribution in [0.15, 0.2) is 0 Å². The number of aliphatic carboxylic acids is 1. The van der Waals surface area contributed by atoms with Crippen LogP contribution >= 0.6 is 0 Å². The molecule has 92 valence electrons. The summed E-state index contributed by atoms with van der Waals surface area (Å²) in [5.74, 6) is -1.52. The Morgan fingerprint density at radius 2 is 2.31 bits per heavy atom. The van der Waals surface area contributed by atoms with Crippen LogP contribution in [0.5, 0.6) is 0 Å². The average molecular weight is 229 g/mol. The van der Waals surface area contributed by atoms with Crippen LogP contribution in [0.1, 0.15) is 32.6 Å². The van der Waals surface area contributed by atoms with Crippen LogP contribution in [-0.2, 0) is 14.3 Å². The Morgan fingerprint density at radius 3 is 2.88 bits per heavy atom. The molecule has 5 heteroatoms. The Kier molecular flexibility index (Phi) is 5.25. The molecular weight excluding hydrogens is 210 g/mol. The van der Waals surface area contributed by atoms with Gasteiger partial charge in [-0.05, 0) is 19.3 Å². The molecular formula is C11H19NO4. The second-order valence-corrected chi connectivity index (χ2v) is 4.22. The van der Waals surface area contributed by atoms with Crippen molar-refractivity contribution in [3.8, 4) is 0 Å². The van der Waals surface area contributed by atoms with Crippen LogP contribution in [-0.4, -0.2) is 36.2 Å². The van der Waals surface area contributed by atoms with Gasteiger partial charge in [-0.2, -0.15) is 0 Å². The first-order valence-corrected chi connectivity index (χ1v) is 5.70. The van der Waals surface area contributed by atoms with Crippen LogP contribution in [0, 0.1) is 5.92 Å². The van der Waals surface area contributed by atoms with Crippen LogP contribution in [0.4, 0.5) is 0 Å². The van der Waals surface area contributed by atoms with Gasteiger partial charge >= 0.3 is 5.97 Å². The van der Waals surface area contributed by atoms with Gasteiger partial charge in [0.25, 0.3) is 0 Å². The molecule has 0 aliphatic carbocycles. The van der Waals surface area contributed by atoms with Crippen LogP contribution in [0.2, 0.25) is 0 Å². The Morgan fingerprint density at radius 1 is 1.56 bits per heavy atom. The lowest BCUT2D eigenvalue weighted by atomic mass is 10.1. The van der Waals surface area contributed by atoms with Gasteiger partial charge in [0.2, 0.25) is 5.91 Å². The number of carbonyl (C=O) groups is 2. The zero-order chi connectivity index (χ0) is 12.0. The molecule has 1 rings (SSSR count). The molecule has 0 aromatic rings. The third-order valence-electron chi connectivity index (χ3n) is 2.74. The van der Waals surface area contributed by atoms with E-state index in [1.807, 2.05) is 0 Å². The summed E-state index contributed by atoms with van der Waals surface area (Å²) in [4.78, 5) is 21.9. The molecule has 1 saturated heterocycles. The molecule has 2 N–H and O–H groups in total. The van der Waals surface area contributed by atoms with E-state index < -0.39 is 11.9 Å². The Labute approximate surface area is 95.2 Å². The number of amides is 1. The van der Waals surface area contributed by atoms with E-state index in [4.69, 9.17) is 9.84 Å². The quantitative estimate of drug-likeness (QED) is 0.705. The van der Waals surface area contributed by atoms with Crippen molar-refractivity contribution < 1.29 is 19.4 Å². The van der Waals surface area contributed by atoms with E-state index in [0.29, 0.717) is 6.42 Å². The van der Waals surface area contributed by atoms with E-state index in [9.17, 15) is 9.59 Å². The Bertz CT molecular complexity index is 248. The first-order valence-electron chi connectivity index (χ1n) is 5.70. The smallest absolute Gasteiger partial charge is 0.308 e. The van der Waals surface area contributed by atoms with Crippen LogP contribution < -0.4 is 5.32 Å². The minimum atomic E-state index is -0.889. The third kappa shape index (κ3) is 4.61. The molecule has 1 aliphatic rings. The molecule has 16 heavy (non-hydrogen) atoms. The van der Waals surface area contributed by atoms with Crippen molar-refractivity contribution in [2.45, 2.75) is 38.7 Å². The Hall–Kier alpha value is -1.10. The molecule has 2 atom stereocenters. The fraction of sp³-hybridized carbons (Fsp3) is 0.818. The van der Waals surface area contributed by atoms with E-state index in [0.717, 1.165) is 25.9 Å². The van der Waals surface area contributed by atoms with Gasteiger partial charge < -0.3 is 15.2 Å². The minimum absolute atomic E-state index is 0.0939. The number of carbonyl (C=O) groups excluding carboxylic acids is 1. The summed E-state index contributed by atoms with van der Waals surface area (Å²) < 4.78 is 5.39. The molecule has 0 spiro atoms. The summed E-state index contributed by atoms with van der Waals surface area (Å²) in [6.45, 7) is 2.56. The van der Waals surface area contributed by atoms with Crippen LogP contribution in [0.25, 0.3) is 0 Å². The van der Waals surface area contributed by atoms with E-state index in [2.05, 4.69) is 5.32 Å². The molecule has 1 aliphatic heterocycles. The lowest BCUT2D eigenvalue weighted by Gasteiger charge is -2.10. The number of carboxylic acids is 1. The molecule has 0 radical (unpaired) electrons. The van der Waals surface area contributed by atoms with E-state index in [1.165, 1.54) is 0 Å². The van der Waals surface area contributed by atoms with Crippen molar-refractivity contribution in [2.75, 3.05) is 13.2 Å². The van der Waals surface area contributed by atoms with Crippen molar-refractivity contribution in [3.63, 3.8) is 0 Å². The minimum Gasteiger partial charge on any atom is -0.481 e. The number of ether oxygens (including phenoxy) is 1. The summed E-state index contributed by atoms with van der Waals surface area (Å²) in [7, 11) is 0. The van der Waals surface area contributed by atoms with Crippen molar-refractivity contribution in [3.05, 3.63) is 0 Å². The summed E-state index contributed by atoms with van der Waals surface area (Å²) in [5, 5.41) is 11.2. The fourth-order valence-corrected chi connectivity index (χ4v) is 1.61. The lowest BCUT2D eigenvalue weighted by Crippen LogP contribution is -2.31. The van der Waals surface area contributed by atoms with Gasteiger partial charge in [0, 0.05) is 19.6 Å². The predicted molar refractivity (Wildman–Crippen MR) is 58.0 cm³/mol. The number of rotatable bonds is 6. The van der Waals surface area contributed by atoms with Crippen molar-refractivity contribution in [1.29, 1.82) is 0 Å². The number of hydrogen-bond donors (Lipinski definition) is 2. The van der Waals surface area contributed by atoms with Gasteiger partial charge in [-0.25, -0.2) is 0 Å². The molecule has 0 saturated carbocycles. The molecule has 2 unspecified atom stereocenters. The normalized spacial score (nSPS) is 21.7. The standard InChI is InChI=1S/C11H19NO4/c1-8(11(14)15)7-12-10(13)5-4-9-3-2-6-16-9/h8-9H,2-7H2,1H3,(H,12,13)(H,14,15). The van der Waals surface area contributed by atoms with Gasteiger partial charge in [-0.15, -0.1) is 0 Å². The van der Waals surface area contributed by atoms with Crippen molar-refractivity contribution in [1.82, 2.24) is 5.32 Å². The average Bonchev–Trinajstić information content (AvgIpc) is 2.75. The zero-order valence-corrected chi connectivity index (χ0v) is 9.57. The Balaban J connectivity index is 2.08. The summed E-state index contributed by atoms with van der Waals surface area (Å²) >= 11 is 0. The molecule has 0 bridgehead atoms. The van der Waals surface area contributed by atoms with Gasteiger partial charge in [0.1, 0.15) is 0 Å². The van der Waals surface area contributed by atoms with Crippen LogP contribution in [0.3, 0.4) is 0 Å². The summed E-state index contributed by atoms with van der Waals surface area (Å²) in [6.07, 6.45) is 3.45. The molecule has 5 nitrogen and oxygen atoms in total. The SMILES string of the molecule is CC(CNC(=O)CCC1CCCO1)C(=O)O. The van der Waals surface area contributed by atoms with Gasteiger partial charge in [0.15, 0.2) is 0 Å². The summed E-state index contributed by atoms with van der Waals surface area (Å²) in [6, 6.07) is 0. The number of hydrogen-bond acceptors (Lipinski definition) is 3. The third-order valence-corrected chi connectivity index (χ3v) is 2.74. The molecule has 1 amide bonds. The first kappa shape index (κ1) is 13.0. The van der Waals surface area contributed by atoms with Gasteiger partial charge in [0.05, 0.1) is 12.0 Å². The largest absolute Gasteiger partial charge is 0.481 e. The molecule has 1 heterocycles. The van der Waals surface area contributed by atoms with Crippen molar-refractivity contribution in [2.24, 2.45) is 5.92 Å². The monoisotopic (exact) mass is 229 g/mol. The topological polar surface area (TPSA) is 75.6 Å². The first-order chi connectivity index (χ1) is 7.59. The maximum Gasteiger partial charge on any atom is 0.308 e. The van der Waals surface area contributed by atoms with Gasteiger partial charge in [-0.3, -0.25) is 9.59 Å². The highest BCUT2D eigenvalue weighted by Crippen LogP contribution is 2.16. The second kappa shape index (κ2) is 6.48. The van der Waals surface area contributed by atoms with E-state index in [1.54, 1.807) is 6.92 Å². The molecule has 1 fully saturated rings. The highest BCUT2D eigenvalue weighted by atomic mass is 16.5. The van der Waals surface area contributed by atoms with Crippen molar-refractivity contribution >= 4 is 11.9 Å². The van der Waals surface area contributed by atoms with E-state index in [-0.39, 0.29) is 18.6 Å². The molecule has 0 aromatic carbocycles. The zero-order valence-electron chi connectivity index (χ0n) is 9.57. The fourth-order valence-electron chi connectivity index (χ4n) is 1.61. The highest BCUT2D eigenvalue weighted by molar-refractivity contribution is 5.77. The maximum absolute atomic E-state index is 11.4. The van der Waals surface area contributed by atoms with E-state index >= 15 is 0 Å². The highest BCUT2D eigenvalue weighted by Gasteiger charge is 2.17. The summed E-state index contributed by atoms with van der Waals surface area (Å²) in [5.41, 5.74) is 0. The van der Waals surface area contributed by atoms with Gasteiger partial charge in [-0.1, -0.05) is 6.92 Å². The second-order valence-electron chi connectivity index (χ2n) is 4.22.